The van der Waals surface area contributed by atoms with Gasteiger partial charge in [0.2, 0.25) is 0 Å². The summed E-state index contributed by atoms with van der Waals surface area (Å²) in [6.45, 7) is 4.11. The summed E-state index contributed by atoms with van der Waals surface area (Å²) in [7, 11) is 1.58. The van der Waals surface area contributed by atoms with Crippen molar-refractivity contribution < 1.29 is 14.5 Å². The number of ketones is 1. The van der Waals surface area contributed by atoms with Gasteiger partial charge in [0.15, 0.2) is 10.9 Å². The highest BCUT2D eigenvalue weighted by molar-refractivity contribution is 7.98. The zero-order valence-electron chi connectivity index (χ0n) is 20.7. The van der Waals surface area contributed by atoms with Crippen LogP contribution in [0.3, 0.4) is 0 Å². The molecule has 0 unspecified atom stereocenters. The van der Waals surface area contributed by atoms with E-state index in [1.807, 2.05) is 24.3 Å². The number of nitro benzene ring substituents is 1. The van der Waals surface area contributed by atoms with Gasteiger partial charge in [0.1, 0.15) is 11.6 Å². The number of carbonyl (C=O) groups is 1. The van der Waals surface area contributed by atoms with Crippen molar-refractivity contribution in [3.05, 3.63) is 97.0 Å². The van der Waals surface area contributed by atoms with Gasteiger partial charge in [-0.3, -0.25) is 19.7 Å². The molecule has 37 heavy (non-hydrogen) atoms. The van der Waals surface area contributed by atoms with Crippen LogP contribution in [0.5, 0.6) is 5.75 Å². The minimum atomic E-state index is -0.572. The van der Waals surface area contributed by atoms with Gasteiger partial charge in [0.05, 0.1) is 17.6 Å². The normalized spacial score (nSPS) is 18.0. The molecule has 0 bridgehead atoms. The topological polar surface area (TPSA) is 127 Å². The van der Waals surface area contributed by atoms with Crippen LogP contribution in [0.4, 0.5) is 11.5 Å². The third-order valence-corrected chi connectivity index (χ3v) is 7.57. The lowest BCUT2D eigenvalue weighted by Gasteiger charge is -2.38. The van der Waals surface area contributed by atoms with Crippen LogP contribution in [0, 0.1) is 15.5 Å². The lowest BCUT2D eigenvalue weighted by Crippen LogP contribution is -2.37. The van der Waals surface area contributed by atoms with Gasteiger partial charge in [-0.2, -0.15) is 0 Å². The first-order valence-corrected chi connectivity index (χ1v) is 12.8. The van der Waals surface area contributed by atoms with E-state index in [1.54, 1.807) is 19.2 Å². The van der Waals surface area contributed by atoms with Crippen molar-refractivity contribution in [2.24, 2.45) is 5.41 Å². The SMILES string of the molecule is COc1cccc([C@H]2C3=C(CC(C)(C)CC3=O)Nc3nc(SCc4cccc([N+](=O)[O-])c4)[nH]c(=O)c32)c1. The molecule has 1 aliphatic heterocycles. The van der Waals surface area contributed by atoms with E-state index in [2.05, 4.69) is 24.1 Å². The molecule has 0 fully saturated rings. The number of hydrogen-bond donors (Lipinski definition) is 2. The Hall–Kier alpha value is -3.92. The van der Waals surface area contributed by atoms with Gasteiger partial charge in [-0.05, 0) is 35.1 Å². The van der Waals surface area contributed by atoms with Gasteiger partial charge in [-0.1, -0.05) is 49.9 Å². The fourth-order valence-corrected chi connectivity index (χ4v) is 5.83. The average Bonchev–Trinajstić information content (AvgIpc) is 2.85. The van der Waals surface area contributed by atoms with Gasteiger partial charge in [0, 0.05) is 41.5 Å². The number of fused-ring (bicyclic) bond motifs is 1. The molecule has 0 spiro atoms. The number of anilines is 1. The molecule has 2 aromatic carbocycles. The molecule has 1 aromatic heterocycles. The van der Waals surface area contributed by atoms with Crippen molar-refractivity contribution in [1.29, 1.82) is 0 Å². The highest BCUT2D eigenvalue weighted by Crippen LogP contribution is 2.48. The Balaban J connectivity index is 1.56. The number of ether oxygens (including phenoxy) is 1. The Bertz CT molecular complexity index is 1510. The fourth-order valence-electron chi connectivity index (χ4n) is 5.03. The van der Waals surface area contributed by atoms with Crippen LogP contribution in [0.15, 0.2) is 69.8 Å². The fraction of sp³-hybridized carbons (Fsp3) is 0.296. The summed E-state index contributed by atoms with van der Waals surface area (Å²) in [5.74, 6) is 0.888. The lowest BCUT2D eigenvalue weighted by atomic mass is 9.69. The Morgan fingerprint density at radius 2 is 1.95 bits per heavy atom. The highest BCUT2D eigenvalue weighted by atomic mass is 32.2. The van der Waals surface area contributed by atoms with Crippen LogP contribution < -0.4 is 15.6 Å². The number of thioether (sulfide) groups is 1. The molecule has 2 aliphatic rings. The summed E-state index contributed by atoms with van der Waals surface area (Å²) in [5.41, 5.74) is 2.75. The van der Waals surface area contributed by atoms with Crippen LogP contribution in [-0.2, 0) is 10.5 Å². The van der Waals surface area contributed by atoms with Gasteiger partial charge < -0.3 is 15.0 Å². The highest BCUT2D eigenvalue weighted by Gasteiger charge is 2.42. The predicted octanol–water partition coefficient (Wildman–Crippen LogP) is 5.18. The zero-order valence-corrected chi connectivity index (χ0v) is 21.5. The number of hydrogen-bond acceptors (Lipinski definition) is 8. The summed E-state index contributed by atoms with van der Waals surface area (Å²) in [4.78, 5) is 45.1. The first-order valence-electron chi connectivity index (χ1n) is 11.8. The van der Waals surface area contributed by atoms with Crippen molar-refractivity contribution in [3.8, 4) is 5.75 Å². The van der Waals surface area contributed by atoms with E-state index in [0.717, 1.165) is 16.8 Å². The third-order valence-electron chi connectivity index (χ3n) is 6.62. The molecule has 3 aromatic rings. The number of nitro groups is 1. The van der Waals surface area contributed by atoms with Gasteiger partial charge in [-0.25, -0.2) is 4.98 Å². The molecular weight excluding hydrogens is 492 g/mol. The number of methoxy groups -OCH3 is 1. The number of rotatable bonds is 6. The molecule has 2 heterocycles. The molecule has 9 nitrogen and oxygen atoms in total. The third kappa shape index (κ3) is 4.89. The van der Waals surface area contributed by atoms with Crippen molar-refractivity contribution in [3.63, 3.8) is 0 Å². The van der Waals surface area contributed by atoms with Gasteiger partial charge >= 0.3 is 0 Å². The van der Waals surface area contributed by atoms with Crippen molar-refractivity contribution in [2.75, 3.05) is 12.4 Å². The number of aromatic amines is 1. The molecule has 2 N–H and O–H groups in total. The smallest absolute Gasteiger partial charge is 0.269 e. The standard InChI is InChI=1S/C27H26N4O5S/c1-27(2)12-19-22(20(32)13-27)21(16-7-5-9-18(11-16)36-3)23-24(28-19)29-26(30-25(23)33)37-14-15-6-4-8-17(10-15)31(34)35/h4-11,21H,12-14H2,1-3H3,(H2,28,29,30,33)/t21-/m0/s1. The van der Waals surface area contributed by atoms with Crippen LogP contribution in [0.2, 0.25) is 0 Å². The number of benzene rings is 2. The van der Waals surface area contributed by atoms with Crippen LogP contribution in [0.25, 0.3) is 0 Å². The monoisotopic (exact) mass is 518 g/mol. The molecule has 5 rings (SSSR count). The van der Waals surface area contributed by atoms with Crippen LogP contribution in [0.1, 0.15) is 49.3 Å². The van der Waals surface area contributed by atoms with E-state index in [1.165, 1.54) is 23.9 Å². The van der Waals surface area contributed by atoms with Gasteiger partial charge in [-0.15, -0.1) is 0 Å². The molecule has 10 heteroatoms. The largest absolute Gasteiger partial charge is 0.497 e. The predicted molar refractivity (Wildman–Crippen MR) is 141 cm³/mol. The maximum absolute atomic E-state index is 13.5. The van der Waals surface area contributed by atoms with Crippen LogP contribution in [-0.4, -0.2) is 27.8 Å². The molecule has 0 saturated heterocycles. The minimum absolute atomic E-state index is 0.0110. The average molecular weight is 519 g/mol. The molecule has 1 aliphatic carbocycles. The van der Waals surface area contributed by atoms with E-state index in [9.17, 15) is 19.7 Å². The van der Waals surface area contributed by atoms with E-state index in [4.69, 9.17) is 9.72 Å². The summed E-state index contributed by atoms with van der Waals surface area (Å²) < 4.78 is 5.41. The second-order valence-corrected chi connectivity index (χ2v) is 11.0. The van der Waals surface area contributed by atoms with Crippen molar-refractivity contribution >= 4 is 29.1 Å². The molecular formula is C27H26N4O5S. The first-order chi connectivity index (χ1) is 17.6. The van der Waals surface area contributed by atoms with E-state index in [-0.39, 0.29) is 22.4 Å². The van der Waals surface area contributed by atoms with E-state index in [0.29, 0.717) is 46.5 Å². The van der Waals surface area contributed by atoms with Crippen LogP contribution >= 0.6 is 11.8 Å². The molecule has 0 saturated carbocycles. The maximum atomic E-state index is 13.5. The molecule has 1 atom stereocenters. The van der Waals surface area contributed by atoms with Crippen molar-refractivity contribution in [1.82, 2.24) is 9.97 Å². The second kappa shape index (κ2) is 9.51. The Morgan fingerprint density at radius 1 is 1.16 bits per heavy atom. The summed E-state index contributed by atoms with van der Waals surface area (Å²) in [5, 5.41) is 14.8. The second-order valence-electron chi connectivity index (χ2n) is 10.0. The number of non-ortho nitro benzene ring substituents is 1. The number of aromatic nitrogens is 2. The molecule has 0 amide bonds. The molecule has 190 valence electrons. The maximum Gasteiger partial charge on any atom is 0.269 e. The Kier molecular flexibility index (Phi) is 6.36. The summed E-state index contributed by atoms with van der Waals surface area (Å²) in [6, 6.07) is 13.8. The lowest BCUT2D eigenvalue weighted by molar-refractivity contribution is -0.384. The van der Waals surface area contributed by atoms with Gasteiger partial charge in [0.25, 0.3) is 11.2 Å². The Labute approximate surface area is 217 Å². The number of nitrogens with one attached hydrogen (secondary N) is 2. The number of carbonyl (C=O) groups excluding carboxylic acids is 1. The summed E-state index contributed by atoms with van der Waals surface area (Å²) >= 11 is 1.28. The first kappa shape index (κ1) is 24.8. The number of H-pyrrole nitrogens is 1. The van der Waals surface area contributed by atoms with E-state index < -0.39 is 10.8 Å². The number of Topliss-reactive ketones (excluding diaryl/α,β-unsaturated/α-hetero) is 1. The number of allylic oxidation sites excluding steroid dienone is 2. The molecule has 0 radical (unpaired) electrons. The number of nitrogens with zero attached hydrogens (tertiary/aromatic N) is 2. The zero-order chi connectivity index (χ0) is 26.3. The Morgan fingerprint density at radius 3 is 2.70 bits per heavy atom. The minimum Gasteiger partial charge on any atom is -0.497 e. The van der Waals surface area contributed by atoms with Crippen molar-refractivity contribution in [2.45, 2.75) is 43.5 Å². The quantitative estimate of drug-likeness (QED) is 0.198. The summed E-state index contributed by atoms with van der Waals surface area (Å²) in [6.07, 6.45) is 1.05. The van der Waals surface area contributed by atoms with E-state index >= 15 is 0 Å².